The zero-order valence-electron chi connectivity index (χ0n) is 17.0. The summed E-state index contributed by atoms with van der Waals surface area (Å²) < 4.78 is 5.71. The maximum atomic E-state index is 12.4. The van der Waals surface area contributed by atoms with Crippen molar-refractivity contribution >= 4 is 11.7 Å². The maximum absolute atomic E-state index is 12.4. The smallest absolute Gasteiger partial charge is 0.253 e. The first-order valence-corrected chi connectivity index (χ1v) is 9.98. The van der Waals surface area contributed by atoms with Gasteiger partial charge in [0.1, 0.15) is 11.6 Å². The molecule has 2 N–H and O–H groups in total. The third-order valence-electron chi connectivity index (χ3n) is 5.16. The van der Waals surface area contributed by atoms with Gasteiger partial charge in [0.15, 0.2) is 0 Å². The van der Waals surface area contributed by atoms with Crippen LogP contribution in [0.2, 0.25) is 0 Å². The zero-order chi connectivity index (χ0) is 19.9. The van der Waals surface area contributed by atoms with Gasteiger partial charge >= 0.3 is 0 Å². The minimum absolute atomic E-state index is 0.0477. The van der Waals surface area contributed by atoms with Gasteiger partial charge in [0, 0.05) is 38.9 Å². The van der Waals surface area contributed by atoms with E-state index < -0.39 is 0 Å². The van der Waals surface area contributed by atoms with E-state index in [1.807, 2.05) is 20.0 Å². The predicted octanol–water partition coefficient (Wildman–Crippen LogP) is 3.22. The van der Waals surface area contributed by atoms with Crippen molar-refractivity contribution in [2.24, 2.45) is 0 Å². The summed E-state index contributed by atoms with van der Waals surface area (Å²) in [4.78, 5) is 19.1. The van der Waals surface area contributed by atoms with Gasteiger partial charge in [-0.15, -0.1) is 0 Å². The first-order valence-electron chi connectivity index (χ1n) is 9.98. The average Bonchev–Trinajstić information content (AvgIpc) is 2.72. The highest BCUT2D eigenvalue weighted by atomic mass is 16.5. The van der Waals surface area contributed by atoms with Crippen LogP contribution in [0.3, 0.4) is 0 Å². The van der Waals surface area contributed by atoms with E-state index in [0.29, 0.717) is 12.2 Å². The van der Waals surface area contributed by atoms with Gasteiger partial charge in [-0.05, 0) is 56.0 Å². The Morgan fingerprint density at radius 1 is 1.25 bits per heavy atom. The lowest BCUT2D eigenvalue weighted by atomic mass is 10.0. The molecule has 28 heavy (non-hydrogen) atoms. The van der Waals surface area contributed by atoms with Crippen LogP contribution in [0.5, 0.6) is 5.75 Å². The molecule has 0 unspecified atom stereocenters. The van der Waals surface area contributed by atoms with E-state index in [9.17, 15) is 4.79 Å². The maximum Gasteiger partial charge on any atom is 0.253 e. The number of nitrogens with zero attached hydrogens (tertiary/aromatic N) is 2. The molecule has 1 aliphatic rings. The van der Waals surface area contributed by atoms with Crippen LogP contribution in [0, 0.1) is 6.92 Å². The SMILES string of the molecule is CCOc1cc(CN2CCC(NC(=O)c3ccc(NC)nc3)CC2)ccc1C. The number of carbonyl (C=O) groups excluding carboxylic acids is 1. The van der Waals surface area contributed by atoms with Crippen molar-refractivity contribution in [1.29, 1.82) is 0 Å². The molecule has 0 radical (unpaired) electrons. The van der Waals surface area contributed by atoms with Gasteiger partial charge in [-0.25, -0.2) is 4.98 Å². The van der Waals surface area contributed by atoms with Crippen LogP contribution in [-0.4, -0.2) is 48.6 Å². The Hall–Kier alpha value is -2.60. The predicted molar refractivity (Wildman–Crippen MR) is 112 cm³/mol. The number of rotatable bonds is 7. The minimum atomic E-state index is -0.0477. The number of nitrogens with one attached hydrogen (secondary N) is 2. The normalized spacial score (nSPS) is 15.2. The molecule has 1 saturated heterocycles. The number of ether oxygens (including phenoxy) is 1. The molecule has 1 aromatic carbocycles. The van der Waals surface area contributed by atoms with Crippen molar-refractivity contribution in [3.8, 4) is 5.75 Å². The fraction of sp³-hybridized carbons (Fsp3) is 0.455. The van der Waals surface area contributed by atoms with E-state index in [0.717, 1.165) is 44.0 Å². The van der Waals surface area contributed by atoms with Crippen LogP contribution >= 0.6 is 0 Å². The fourth-order valence-corrected chi connectivity index (χ4v) is 3.49. The molecular weight excluding hydrogens is 352 g/mol. The lowest BCUT2D eigenvalue weighted by Gasteiger charge is -2.32. The van der Waals surface area contributed by atoms with Gasteiger partial charge in [-0.1, -0.05) is 12.1 Å². The van der Waals surface area contributed by atoms with Crippen LogP contribution in [0.1, 0.15) is 41.3 Å². The van der Waals surface area contributed by atoms with Crippen molar-refractivity contribution in [3.05, 3.63) is 53.2 Å². The molecule has 2 aromatic rings. The molecule has 1 aromatic heterocycles. The molecule has 1 aliphatic heterocycles. The number of amides is 1. The Balaban J connectivity index is 1.49. The Morgan fingerprint density at radius 3 is 2.68 bits per heavy atom. The highest BCUT2D eigenvalue weighted by Crippen LogP contribution is 2.22. The monoisotopic (exact) mass is 382 g/mol. The minimum Gasteiger partial charge on any atom is -0.494 e. The van der Waals surface area contributed by atoms with Crippen molar-refractivity contribution in [3.63, 3.8) is 0 Å². The molecule has 3 rings (SSSR count). The second-order valence-electron chi connectivity index (χ2n) is 7.24. The number of hydrogen-bond donors (Lipinski definition) is 2. The summed E-state index contributed by atoms with van der Waals surface area (Å²) in [6.45, 7) is 7.62. The molecule has 2 heterocycles. The fourth-order valence-electron chi connectivity index (χ4n) is 3.49. The standard InChI is InChI=1S/C22H30N4O2/c1-4-28-20-13-17(6-5-16(20)2)15-26-11-9-19(10-12-26)25-22(27)18-7-8-21(23-3)24-14-18/h5-8,13-14,19H,4,9-12,15H2,1-3H3,(H,23,24)(H,25,27). The van der Waals surface area contributed by atoms with E-state index in [4.69, 9.17) is 4.74 Å². The van der Waals surface area contributed by atoms with Crippen LogP contribution in [0.25, 0.3) is 0 Å². The number of anilines is 1. The van der Waals surface area contributed by atoms with Crippen LogP contribution < -0.4 is 15.4 Å². The van der Waals surface area contributed by atoms with E-state index in [-0.39, 0.29) is 11.9 Å². The van der Waals surface area contributed by atoms with E-state index in [2.05, 4.69) is 45.6 Å². The molecule has 0 spiro atoms. The summed E-state index contributed by atoms with van der Waals surface area (Å²) in [7, 11) is 1.81. The Morgan fingerprint density at radius 2 is 2.04 bits per heavy atom. The Labute approximate surface area is 167 Å². The number of likely N-dealkylation sites (tertiary alicyclic amines) is 1. The number of hydrogen-bond acceptors (Lipinski definition) is 5. The summed E-state index contributed by atoms with van der Waals surface area (Å²) in [6.07, 6.45) is 3.53. The average molecular weight is 383 g/mol. The molecule has 6 nitrogen and oxygen atoms in total. The Bertz CT molecular complexity index is 784. The number of benzene rings is 1. The molecule has 6 heteroatoms. The summed E-state index contributed by atoms with van der Waals surface area (Å²) in [5.41, 5.74) is 3.04. The van der Waals surface area contributed by atoms with E-state index in [1.165, 1.54) is 11.1 Å². The molecule has 0 bridgehead atoms. The summed E-state index contributed by atoms with van der Waals surface area (Å²) >= 11 is 0. The second kappa shape index (κ2) is 9.55. The molecule has 1 fully saturated rings. The molecule has 1 amide bonds. The van der Waals surface area contributed by atoms with Crippen LogP contribution in [-0.2, 0) is 6.54 Å². The van der Waals surface area contributed by atoms with Crippen LogP contribution in [0.15, 0.2) is 36.5 Å². The lowest BCUT2D eigenvalue weighted by molar-refractivity contribution is 0.0908. The van der Waals surface area contributed by atoms with Gasteiger partial charge in [-0.3, -0.25) is 9.69 Å². The van der Waals surface area contributed by atoms with Gasteiger partial charge in [0.2, 0.25) is 0 Å². The summed E-state index contributed by atoms with van der Waals surface area (Å²) in [5, 5.41) is 6.10. The molecule has 0 atom stereocenters. The zero-order valence-corrected chi connectivity index (χ0v) is 17.0. The molecule has 150 valence electrons. The van der Waals surface area contributed by atoms with Gasteiger partial charge < -0.3 is 15.4 Å². The molecule has 0 aliphatic carbocycles. The van der Waals surface area contributed by atoms with Crippen molar-refractivity contribution in [1.82, 2.24) is 15.2 Å². The largest absolute Gasteiger partial charge is 0.494 e. The van der Waals surface area contributed by atoms with Gasteiger partial charge in [0.05, 0.1) is 12.2 Å². The topological polar surface area (TPSA) is 66.5 Å². The highest BCUT2D eigenvalue weighted by Gasteiger charge is 2.21. The third-order valence-corrected chi connectivity index (χ3v) is 5.16. The number of aryl methyl sites for hydroxylation is 1. The van der Waals surface area contributed by atoms with Crippen LogP contribution in [0.4, 0.5) is 5.82 Å². The van der Waals surface area contributed by atoms with E-state index >= 15 is 0 Å². The summed E-state index contributed by atoms with van der Waals surface area (Å²) in [6, 6.07) is 10.3. The third kappa shape index (κ3) is 5.23. The van der Waals surface area contributed by atoms with Gasteiger partial charge in [-0.2, -0.15) is 0 Å². The van der Waals surface area contributed by atoms with Crippen molar-refractivity contribution in [2.75, 3.05) is 32.1 Å². The summed E-state index contributed by atoms with van der Waals surface area (Å²) in [5.74, 6) is 1.68. The first-order chi connectivity index (χ1) is 13.6. The van der Waals surface area contributed by atoms with Crippen molar-refractivity contribution < 1.29 is 9.53 Å². The lowest BCUT2D eigenvalue weighted by Crippen LogP contribution is -2.44. The number of aromatic nitrogens is 1. The molecular formula is C22H30N4O2. The van der Waals surface area contributed by atoms with Gasteiger partial charge in [0.25, 0.3) is 5.91 Å². The quantitative estimate of drug-likeness (QED) is 0.770. The number of pyridine rings is 1. The first kappa shape index (κ1) is 20.1. The van der Waals surface area contributed by atoms with E-state index in [1.54, 1.807) is 12.3 Å². The number of piperidine rings is 1. The van der Waals surface area contributed by atoms with Crippen molar-refractivity contribution in [2.45, 2.75) is 39.3 Å². The Kier molecular flexibility index (Phi) is 6.87. The number of carbonyl (C=O) groups is 1. The highest BCUT2D eigenvalue weighted by molar-refractivity contribution is 5.94. The second-order valence-corrected chi connectivity index (χ2v) is 7.24. The molecule has 0 saturated carbocycles.